The van der Waals surface area contributed by atoms with Gasteiger partial charge in [0.1, 0.15) is 23.9 Å². The van der Waals surface area contributed by atoms with Crippen molar-refractivity contribution in [3.05, 3.63) is 59.2 Å². The Hall–Kier alpha value is -1.57. The molecule has 204 valence electrons. The van der Waals surface area contributed by atoms with Gasteiger partial charge in [0.05, 0.1) is 28.5 Å². The Kier molecular flexibility index (Phi) is 7.59. The van der Waals surface area contributed by atoms with Crippen molar-refractivity contribution in [3.8, 4) is 5.75 Å². The fourth-order valence-corrected chi connectivity index (χ4v) is 5.92. The molecule has 1 aromatic carbocycles. The van der Waals surface area contributed by atoms with Gasteiger partial charge in [0.2, 0.25) is 0 Å². The Morgan fingerprint density at radius 2 is 1.86 bits per heavy atom. The number of hydrogen-bond acceptors (Lipinski definition) is 8. The van der Waals surface area contributed by atoms with Gasteiger partial charge in [-0.2, -0.15) is 0 Å². The van der Waals surface area contributed by atoms with Crippen molar-refractivity contribution in [1.29, 1.82) is 0 Å². The molecular formula is C24H31FIN2O8P. The van der Waals surface area contributed by atoms with E-state index in [2.05, 4.69) is 4.98 Å². The monoisotopic (exact) mass is 650 g/mol. The van der Waals surface area contributed by atoms with Gasteiger partial charge < -0.3 is 14.4 Å². The summed E-state index contributed by atoms with van der Waals surface area (Å²) in [6.45, 7) is 10.9. The van der Waals surface area contributed by atoms with Crippen LogP contribution in [-0.2, 0) is 35.8 Å². The van der Waals surface area contributed by atoms with Crippen LogP contribution >= 0.6 is 30.4 Å². The quantitative estimate of drug-likeness (QED) is 0.371. The Bertz CT molecular complexity index is 1380. The van der Waals surface area contributed by atoms with Crippen molar-refractivity contribution in [1.82, 2.24) is 9.55 Å². The van der Waals surface area contributed by atoms with E-state index in [1.807, 2.05) is 41.5 Å². The second-order valence-corrected chi connectivity index (χ2v) is 14.0. The number of aromatic nitrogens is 2. The third-order valence-corrected chi connectivity index (χ3v) is 8.42. The van der Waals surface area contributed by atoms with Gasteiger partial charge in [0, 0.05) is 18.2 Å². The SMILES string of the molecule is CC(C)(C)c1cc(C(C)(C)C)c2c(c1F)CO[P@](=O)(OC[C@H]1O[C@@H](n3cc([125I])c(=O)[nH]c3=O)C[C@@H]1O)O2. The van der Waals surface area contributed by atoms with Crippen LogP contribution in [0.1, 0.15) is 70.9 Å². The summed E-state index contributed by atoms with van der Waals surface area (Å²) in [5.41, 5.74) is -0.789. The molecule has 2 aromatic rings. The zero-order chi connectivity index (χ0) is 27.5. The summed E-state index contributed by atoms with van der Waals surface area (Å²) in [5.74, 6) is -0.340. The van der Waals surface area contributed by atoms with Crippen molar-refractivity contribution < 1.29 is 32.4 Å². The molecule has 4 atom stereocenters. The summed E-state index contributed by atoms with van der Waals surface area (Å²) in [6, 6.07) is 1.74. The van der Waals surface area contributed by atoms with Crippen LogP contribution in [0.15, 0.2) is 21.9 Å². The number of rotatable bonds is 4. The van der Waals surface area contributed by atoms with E-state index >= 15 is 4.39 Å². The predicted molar refractivity (Wildman–Crippen MR) is 141 cm³/mol. The van der Waals surface area contributed by atoms with Crippen molar-refractivity contribution >= 4 is 30.4 Å². The number of benzene rings is 1. The van der Waals surface area contributed by atoms with Crippen molar-refractivity contribution in [2.45, 2.75) is 83.8 Å². The summed E-state index contributed by atoms with van der Waals surface area (Å²) in [6.07, 6.45) is -1.50. The fourth-order valence-electron chi connectivity index (χ4n) is 4.25. The summed E-state index contributed by atoms with van der Waals surface area (Å²) >= 11 is 1.79. The van der Waals surface area contributed by atoms with Crippen LogP contribution < -0.4 is 15.8 Å². The lowest BCUT2D eigenvalue weighted by Crippen LogP contribution is -2.33. The summed E-state index contributed by atoms with van der Waals surface area (Å²) in [7, 11) is -4.19. The van der Waals surface area contributed by atoms with E-state index in [1.54, 1.807) is 28.7 Å². The smallest absolute Gasteiger partial charge is 0.403 e. The number of nitrogens with zero attached hydrogens (tertiary/aromatic N) is 1. The van der Waals surface area contributed by atoms with E-state index in [4.69, 9.17) is 18.3 Å². The lowest BCUT2D eigenvalue weighted by molar-refractivity contribution is -0.0470. The number of H-pyrrole nitrogens is 1. The van der Waals surface area contributed by atoms with Gasteiger partial charge in [-0.15, -0.1) is 0 Å². The van der Waals surface area contributed by atoms with Gasteiger partial charge in [-0.05, 0) is 45.1 Å². The highest BCUT2D eigenvalue weighted by atomic mass is 125. The predicted octanol–water partition coefficient (Wildman–Crippen LogP) is 4.26. The molecule has 2 aliphatic heterocycles. The van der Waals surface area contributed by atoms with Crippen LogP contribution in [0.25, 0.3) is 0 Å². The Balaban J connectivity index is 1.55. The third-order valence-electron chi connectivity index (χ3n) is 6.33. The largest absolute Gasteiger partial charge is 0.530 e. The molecule has 0 radical (unpaired) electrons. The molecule has 4 rings (SSSR count). The van der Waals surface area contributed by atoms with Crippen molar-refractivity contribution in [2.24, 2.45) is 0 Å². The number of aromatic amines is 1. The molecule has 0 saturated carbocycles. The summed E-state index contributed by atoms with van der Waals surface area (Å²) < 4.78 is 52.7. The average molecular weight is 650 g/mol. The zero-order valence-electron chi connectivity index (χ0n) is 21.5. The number of nitrogens with one attached hydrogen (secondary N) is 1. The minimum Gasteiger partial charge on any atom is -0.403 e. The van der Waals surface area contributed by atoms with Crippen LogP contribution in [0, 0.1) is 9.39 Å². The van der Waals surface area contributed by atoms with Gasteiger partial charge >= 0.3 is 13.5 Å². The minimum absolute atomic E-state index is 0.0415. The molecule has 1 fully saturated rings. The van der Waals surface area contributed by atoms with Gasteiger partial charge in [-0.1, -0.05) is 41.5 Å². The van der Waals surface area contributed by atoms with E-state index in [0.29, 0.717) is 11.1 Å². The summed E-state index contributed by atoms with van der Waals surface area (Å²) in [4.78, 5) is 26.0. The second kappa shape index (κ2) is 9.87. The Labute approximate surface area is 227 Å². The number of aliphatic hydroxyl groups excluding tert-OH is 1. The highest BCUT2D eigenvalue weighted by molar-refractivity contribution is 14.1. The zero-order valence-corrected chi connectivity index (χ0v) is 24.5. The number of phosphoric ester groups is 1. The van der Waals surface area contributed by atoms with E-state index in [9.17, 15) is 19.3 Å². The first-order valence-corrected chi connectivity index (χ1v) is 14.3. The van der Waals surface area contributed by atoms with E-state index in [1.165, 1.54) is 10.8 Å². The first-order chi connectivity index (χ1) is 17.0. The van der Waals surface area contributed by atoms with Crippen LogP contribution in [0.4, 0.5) is 4.39 Å². The minimum atomic E-state index is -4.19. The highest BCUT2D eigenvalue weighted by Crippen LogP contribution is 2.58. The van der Waals surface area contributed by atoms with Crippen LogP contribution in [0.3, 0.4) is 0 Å². The first kappa shape index (κ1) is 28.4. The molecule has 0 unspecified atom stereocenters. The number of phosphoric acid groups is 1. The van der Waals surface area contributed by atoms with E-state index in [-0.39, 0.29) is 34.5 Å². The van der Waals surface area contributed by atoms with Gasteiger partial charge in [-0.3, -0.25) is 23.4 Å². The molecule has 3 heterocycles. The first-order valence-electron chi connectivity index (χ1n) is 11.8. The van der Waals surface area contributed by atoms with Crippen LogP contribution in [0.5, 0.6) is 5.75 Å². The molecule has 2 N–H and O–H groups in total. The third kappa shape index (κ3) is 5.74. The Morgan fingerprint density at radius 3 is 2.49 bits per heavy atom. The van der Waals surface area contributed by atoms with Crippen LogP contribution in [0.2, 0.25) is 0 Å². The van der Waals surface area contributed by atoms with Gasteiger partial charge in [0.25, 0.3) is 5.56 Å². The fraction of sp³-hybridized carbons (Fsp3) is 0.583. The topological polar surface area (TPSA) is 129 Å². The van der Waals surface area contributed by atoms with Gasteiger partial charge in [0.15, 0.2) is 0 Å². The molecule has 0 bridgehead atoms. The number of ether oxygens (including phenoxy) is 1. The maximum Gasteiger partial charge on any atom is 0.530 e. The standard InChI is InChI=1S/C24H31FIN2O8P/c1-23(2,3)13-7-14(24(4,5)6)20-12(19(13)25)10-33-37(32,36-20)34-11-17-16(29)8-18(35-17)28-9-15(26)21(30)27-22(28)31/h7,9,16-18,29H,8,10-11H2,1-6H3,(H,27,30,31)/t16-,17+,18+,37+/m0/s1/i26-2. The highest BCUT2D eigenvalue weighted by Gasteiger charge is 2.43. The lowest BCUT2D eigenvalue weighted by Gasteiger charge is -2.33. The number of aliphatic hydroxyl groups is 1. The van der Waals surface area contributed by atoms with E-state index < -0.39 is 54.2 Å². The van der Waals surface area contributed by atoms with Gasteiger partial charge in [-0.25, -0.2) is 13.8 Å². The average Bonchev–Trinajstić information content (AvgIpc) is 3.13. The number of fused-ring (bicyclic) bond motifs is 1. The van der Waals surface area contributed by atoms with Crippen molar-refractivity contribution in [3.63, 3.8) is 0 Å². The Morgan fingerprint density at radius 1 is 1.22 bits per heavy atom. The van der Waals surface area contributed by atoms with Crippen molar-refractivity contribution in [2.75, 3.05) is 6.61 Å². The number of hydrogen-bond donors (Lipinski definition) is 2. The summed E-state index contributed by atoms with van der Waals surface area (Å²) in [5, 5.41) is 10.5. The molecule has 0 spiro atoms. The molecule has 2 aliphatic rings. The molecule has 0 aliphatic carbocycles. The lowest BCUT2D eigenvalue weighted by atomic mass is 9.78. The second-order valence-electron chi connectivity index (χ2n) is 11.3. The number of halogens is 2. The molecular weight excluding hydrogens is 619 g/mol. The maximum absolute atomic E-state index is 15.4. The molecule has 10 nitrogen and oxygen atoms in total. The molecule has 1 aromatic heterocycles. The molecule has 37 heavy (non-hydrogen) atoms. The van der Waals surface area contributed by atoms with Crippen LogP contribution in [-0.4, -0.2) is 33.5 Å². The molecule has 1 saturated heterocycles. The maximum atomic E-state index is 15.4. The van der Waals surface area contributed by atoms with E-state index in [0.717, 1.165) is 0 Å². The molecule has 13 heteroatoms. The molecule has 0 amide bonds. The normalized spacial score (nSPS) is 26.1.